The van der Waals surface area contributed by atoms with Crippen LogP contribution in [0.25, 0.3) is 0 Å². The summed E-state index contributed by atoms with van der Waals surface area (Å²) >= 11 is 0. The lowest BCUT2D eigenvalue weighted by Gasteiger charge is -2.27. The number of hydrogen-bond donors (Lipinski definition) is 2. The number of morpholine rings is 1. The lowest BCUT2D eigenvalue weighted by atomic mass is 10.1. The van der Waals surface area contributed by atoms with Gasteiger partial charge < -0.3 is 19.9 Å². The number of nitrogens with one attached hydrogen (secondary N) is 2. The van der Waals surface area contributed by atoms with Crippen LogP contribution in [0.15, 0.2) is 33.8 Å². The molecule has 0 atom stereocenters. The highest BCUT2D eigenvalue weighted by Crippen LogP contribution is 2.14. The molecule has 1 aliphatic heterocycles. The Morgan fingerprint density at radius 2 is 1.96 bits per heavy atom. The van der Waals surface area contributed by atoms with Crippen molar-refractivity contribution < 1.29 is 9.26 Å². The second-order valence-electron chi connectivity index (χ2n) is 6.44. The third kappa shape index (κ3) is 6.04. The molecule has 1 fully saturated rings. The van der Waals surface area contributed by atoms with Crippen LogP contribution < -0.4 is 10.6 Å². The van der Waals surface area contributed by atoms with Crippen LogP contribution in [0.3, 0.4) is 0 Å². The lowest BCUT2D eigenvalue weighted by Crippen LogP contribution is -2.37. The van der Waals surface area contributed by atoms with Gasteiger partial charge in [-0.15, -0.1) is 0 Å². The molecule has 0 spiro atoms. The van der Waals surface area contributed by atoms with Crippen LogP contribution in [0, 0.1) is 6.92 Å². The van der Waals surface area contributed by atoms with Gasteiger partial charge in [-0.2, -0.15) is 4.98 Å². The number of aliphatic imine (C=N–C) groups is 1. The summed E-state index contributed by atoms with van der Waals surface area (Å²) < 4.78 is 10.6. The minimum absolute atomic E-state index is 0.447. The van der Waals surface area contributed by atoms with Gasteiger partial charge in [0.2, 0.25) is 5.89 Å². The molecule has 27 heavy (non-hydrogen) atoms. The van der Waals surface area contributed by atoms with Gasteiger partial charge in [-0.3, -0.25) is 4.90 Å². The van der Waals surface area contributed by atoms with Gasteiger partial charge in [0.15, 0.2) is 11.8 Å². The van der Waals surface area contributed by atoms with Crippen LogP contribution in [-0.2, 0) is 24.4 Å². The van der Waals surface area contributed by atoms with Crippen LogP contribution in [0.4, 0.5) is 0 Å². The maximum Gasteiger partial charge on any atom is 0.246 e. The average molecular weight is 372 g/mol. The Kier molecular flexibility index (Phi) is 7.18. The molecule has 0 bridgehead atoms. The lowest BCUT2D eigenvalue weighted by molar-refractivity contribution is 0.0341. The van der Waals surface area contributed by atoms with E-state index in [4.69, 9.17) is 14.3 Å². The number of rotatable bonds is 7. The molecular weight excluding hydrogens is 344 g/mol. The van der Waals surface area contributed by atoms with Gasteiger partial charge in [0.25, 0.3) is 0 Å². The highest BCUT2D eigenvalue weighted by molar-refractivity contribution is 5.79. The van der Waals surface area contributed by atoms with Crippen molar-refractivity contribution in [3.63, 3.8) is 0 Å². The number of benzene rings is 1. The Hall–Kier alpha value is -2.45. The largest absolute Gasteiger partial charge is 0.379 e. The molecule has 3 rings (SSSR count). The van der Waals surface area contributed by atoms with Gasteiger partial charge in [-0.05, 0) is 25.0 Å². The zero-order valence-corrected chi connectivity index (χ0v) is 16.1. The average Bonchev–Trinajstić information content (AvgIpc) is 3.11. The van der Waals surface area contributed by atoms with Crippen molar-refractivity contribution in [2.75, 3.05) is 32.8 Å². The van der Waals surface area contributed by atoms with Crippen LogP contribution in [0.5, 0.6) is 0 Å². The molecule has 2 aromatic rings. The minimum Gasteiger partial charge on any atom is -0.379 e. The molecule has 2 heterocycles. The van der Waals surface area contributed by atoms with Gasteiger partial charge in [0.05, 0.1) is 26.3 Å². The van der Waals surface area contributed by atoms with Gasteiger partial charge >= 0.3 is 0 Å². The van der Waals surface area contributed by atoms with E-state index in [1.807, 2.05) is 6.92 Å². The SMILES string of the molecule is CCNC(=NCc1ccccc1CN1CCOCC1)NCc1nc(C)no1. The summed E-state index contributed by atoms with van der Waals surface area (Å²) in [4.78, 5) is 11.3. The summed E-state index contributed by atoms with van der Waals surface area (Å²) in [6.07, 6.45) is 0. The fraction of sp³-hybridized carbons (Fsp3) is 0.526. The number of guanidine groups is 1. The Bertz CT molecular complexity index is 739. The fourth-order valence-corrected chi connectivity index (χ4v) is 2.94. The molecule has 1 aromatic heterocycles. The zero-order chi connectivity index (χ0) is 18.9. The zero-order valence-electron chi connectivity index (χ0n) is 16.1. The summed E-state index contributed by atoms with van der Waals surface area (Å²) in [7, 11) is 0. The van der Waals surface area contributed by atoms with E-state index in [0.29, 0.717) is 24.8 Å². The predicted molar refractivity (Wildman–Crippen MR) is 103 cm³/mol. The Morgan fingerprint density at radius 1 is 1.19 bits per heavy atom. The Morgan fingerprint density at radius 3 is 2.67 bits per heavy atom. The molecule has 1 aliphatic rings. The maximum atomic E-state index is 5.44. The molecular formula is C19H28N6O2. The molecule has 8 nitrogen and oxygen atoms in total. The fourth-order valence-electron chi connectivity index (χ4n) is 2.94. The minimum atomic E-state index is 0.447. The first-order valence-electron chi connectivity index (χ1n) is 9.43. The second kappa shape index (κ2) is 10.0. The van der Waals surface area contributed by atoms with Crippen LogP contribution in [0.2, 0.25) is 0 Å². The molecule has 0 saturated carbocycles. The molecule has 0 radical (unpaired) electrons. The van der Waals surface area contributed by atoms with Crippen molar-refractivity contribution in [1.29, 1.82) is 0 Å². The van der Waals surface area contributed by atoms with Gasteiger partial charge in [-0.25, -0.2) is 4.99 Å². The quantitative estimate of drug-likeness (QED) is 0.562. The number of hydrogen-bond acceptors (Lipinski definition) is 6. The molecule has 0 unspecified atom stereocenters. The third-order valence-corrected chi connectivity index (χ3v) is 4.34. The van der Waals surface area contributed by atoms with E-state index in [1.54, 1.807) is 6.92 Å². The normalized spacial score (nSPS) is 15.7. The smallest absolute Gasteiger partial charge is 0.246 e. The second-order valence-corrected chi connectivity index (χ2v) is 6.44. The van der Waals surface area contributed by atoms with Crippen molar-refractivity contribution in [1.82, 2.24) is 25.7 Å². The summed E-state index contributed by atoms with van der Waals surface area (Å²) in [5.41, 5.74) is 2.54. The van der Waals surface area contributed by atoms with Gasteiger partial charge in [0.1, 0.15) is 0 Å². The first kappa shape index (κ1) is 19.3. The van der Waals surface area contributed by atoms with Crippen molar-refractivity contribution >= 4 is 5.96 Å². The Labute approximate surface area is 160 Å². The predicted octanol–water partition coefficient (Wildman–Crippen LogP) is 1.47. The number of ether oxygens (including phenoxy) is 1. The van der Waals surface area contributed by atoms with Crippen LogP contribution in [-0.4, -0.2) is 53.8 Å². The molecule has 0 aliphatic carbocycles. The van der Waals surface area contributed by atoms with Crippen molar-refractivity contribution in [2.24, 2.45) is 4.99 Å². The highest BCUT2D eigenvalue weighted by Gasteiger charge is 2.12. The topological polar surface area (TPSA) is 87.8 Å². The Balaban J connectivity index is 1.62. The molecule has 146 valence electrons. The van der Waals surface area contributed by atoms with E-state index in [9.17, 15) is 0 Å². The van der Waals surface area contributed by atoms with Gasteiger partial charge in [-0.1, -0.05) is 29.4 Å². The van der Waals surface area contributed by atoms with Crippen molar-refractivity contribution in [3.05, 3.63) is 47.1 Å². The van der Waals surface area contributed by atoms with Crippen LogP contribution in [0.1, 0.15) is 29.8 Å². The summed E-state index contributed by atoms with van der Waals surface area (Å²) in [5, 5.41) is 10.3. The molecule has 0 amide bonds. The van der Waals surface area contributed by atoms with E-state index in [-0.39, 0.29) is 0 Å². The van der Waals surface area contributed by atoms with Crippen molar-refractivity contribution in [2.45, 2.75) is 33.5 Å². The highest BCUT2D eigenvalue weighted by atomic mass is 16.5. The number of aromatic nitrogens is 2. The molecule has 2 N–H and O–H groups in total. The number of nitrogens with zero attached hydrogens (tertiary/aromatic N) is 4. The summed E-state index contributed by atoms with van der Waals surface area (Å²) in [5.74, 6) is 1.91. The van der Waals surface area contributed by atoms with E-state index >= 15 is 0 Å². The first-order valence-corrected chi connectivity index (χ1v) is 9.43. The summed E-state index contributed by atoms with van der Waals surface area (Å²) in [6, 6.07) is 8.48. The van der Waals surface area contributed by atoms with Crippen molar-refractivity contribution in [3.8, 4) is 0 Å². The van der Waals surface area contributed by atoms with Crippen LogP contribution >= 0.6 is 0 Å². The van der Waals surface area contributed by atoms with E-state index in [0.717, 1.165) is 45.4 Å². The van der Waals surface area contributed by atoms with Gasteiger partial charge in [0, 0.05) is 26.2 Å². The first-order chi connectivity index (χ1) is 13.2. The van der Waals surface area contributed by atoms with E-state index < -0.39 is 0 Å². The number of aryl methyl sites for hydroxylation is 1. The maximum absolute atomic E-state index is 5.44. The standard InChI is InChI=1S/C19H28N6O2/c1-3-20-19(22-13-18-23-15(2)24-27-18)21-12-16-6-4-5-7-17(16)14-25-8-10-26-11-9-25/h4-7H,3,8-14H2,1-2H3,(H2,20,21,22). The molecule has 8 heteroatoms. The molecule has 1 aromatic carbocycles. The van der Waals surface area contributed by atoms with E-state index in [1.165, 1.54) is 11.1 Å². The monoisotopic (exact) mass is 372 g/mol. The third-order valence-electron chi connectivity index (χ3n) is 4.34. The summed E-state index contributed by atoms with van der Waals surface area (Å²) in [6.45, 7) is 10.2. The van der Waals surface area contributed by atoms with E-state index in [2.05, 4.69) is 49.9 Å². The molecule has 1 saturated heterocycles.